The number of fused-ring (bicyclic) bond motifs is 1. The van der Waals surface area contributed by atoms with Crippen molar-refractivity contribution < 1.29 is 14.7 Å². The first kappa shape index (κ1) is 22.9. The van der Waals surface area contributed by atoms with Crippen molar-refractivity contribution in [2.45, 2.75) is 39.5 Å². The number of hydrogen-bond acceptors (Lipinski definition) is 4. The predicted octanol–water partition coefficient (Wildman–Crippen LogP) is 5.29. The Morgan fingerprint density at radius 3 is 2.63 bits per heavy atom. The molecule has 0 unspecified atom stereocenters. The summed E-state index contributed by atoms with van der Waals surface area (Å²) < 4.78 is 3.93. The molecule has 0 spiro atoms. The van der Waals surface area contributed by atoms with Crippen LogP contribution in [0.5, 0.6) is 0 Å². The normalized spacial score (nSPS) is 13.2. The molecule has 35 heavy (non-hydrogen) atoms. The molecule has 0 atom stereocenters. The number of amides is 1. The molecule has 3 heterocycles. The maximum Gasteiger partial charge on any atom is 0.339 e. The van der Waals surface area contributed by atoms with Gasteiger partial charge in [0, 0.05) is 45.5 Å². The zero-order valence-corrected chi connectivity index (χ0v) is 20.4. The number of benzene rings is 1. The number of nitrogens with zero attached hydrogens (tertiary/aromatic N) is 3. The van der Waals surface area contributed by atoms with Gasteiger partial charge in [0.25, 0.3) is 5.91 Å². The van der Waals surface area contributed by atoms with E-state index in [1.54, 1.807) is 23.6 Å². The number of carbonyl (C=O) groups excluding carboxylic acids is 1. The predicted molar refractivity (Wildman–Crippen MR) is 138 cm³/mol. The standard InChI is InChI=1S/C27H26N4O3S/c1-17-14-20(16-28-29-25(32)19-8-7-9-21(15-19)30-12-5-6-13-30)18(2)31(17)26-24(27(33)34)22-10-3-4-11-23(22)35-26/h5-9,12-16H,3-4,10-11H2,1-2H3,(H,29,32)(H,33,34). The summed E-state index contributed by atoms with van der Waals surface area (Å²) in [5.74, 6) is -1.18. The van der Waals surface area contributed by atoms with Crippen molar-refractivity contribution in [2.75, 3.05) is 0 Å². The van der Waals surface area contributed by atoms with Crippen molar-refractivity contribution >= 4 is 29.4 Å². The van der Waals surface area contributed by atoms with E-state index in [-0.39, 0.29) is 5.91 Å². The van der Waals surface area contributed by atoms with Gasteiger partial charge in [-0.3, -0.25) is 4.79 Å². The quantitative estimate of drug-likeness (QED) is 0.287. The number of aromatic nitrogens is 2. The van der Waals surface area contributed by atoms with E-state index in [0.717, 1.165) is 58.9 Å². The molecular formula is C27H26N4O3S. The van der Waals surface area contributed by atoms with Gasteiger partial charge < -0.3 is 14.2 Å². The Bertz CT molecular complexity index is 1440. The molecule has 1 amide bonds. The number of nitrogens with one attached hydrogen (secondary N) is 1. The Morgan fingerprint density at radius 1 is 1.09 bits per heavy atom. The molecule has 178 valence electrons. The smallest absolute Gasteiger partial charge is 0.339 e. The van der Waals surface area contributed by atoms with Gasteiger partial charge in [-0.2, -0.15) is 5.10 Å². The van der Waals surface area contributed by atoms with Crippen LogP contribution in [0.3, 0.4) is 0 Å². The largest absolute Gasteiger partial charge is 0.478 e. The van der Waals surface area contributed by atoms with E-state index in [4.69, 9.17) is 0 Å². The van der Waals surface area contributed by atoms with Crippen LogP contribution in [-0.4, -0.2) is 32.3 Å². The highest BCUT2D eigenvalue weighted by Crippen LogP contribution is 2.38. The van der Waals surface area contributed by atoms with Crippen LogP contribution >= 0.6 is 11.3 Å². The van der Waals surface area contributed by atoms with E-state index in [2.05, 4.69) is 10.5 Å². The third kappa shape index (κ3) is 4.33. The Morgan fingerprint density at radius 2 is 1.86 bits per heavy atom. The number of carbonyl (C=O) groups is 2. The van der Waals surface area contributed by atoms with Crippen LogP contribution in [0.15, 0.2) is 60.0 Å². The molecule has 1 aliphatic carbocycles. The summed E-state index contributed by atoms with van der Waals surface area (Å²) in [4.78, 5) is 26.0. The summed E-state index contributed by atoms with van der Waals surface area (Å²) in [5.41, 5.74) is 8.05. The van der Waals surface area contributed by atoms with Crippen molar-refractivity contribution in [3.63, 3.8) is 0 Å². The van der Waals surface area contributed by atoms with E-state index in [9.17, 15) is 14.7 Å². The summed E-state index contributed by atoms with van der Waals surface area (Å²) in [6.07, 6.45) is 9.33. The van der Waals surface area contributed by atoms with Gasteiger partial charge in [-0.25, -0.2) is 10.2 Å². The molecular weight excluding hydrogens is 460 g/mol. The number of thiophene rings is 1. The molecule has 7 nitrogen and oxygen atoms in total. The molecule has 4 aromatic rings. The van der Waals surface area contributed by atoms with Crippen molar-refractivity contribution in [1.29, 1.82) is 0 Å². The Hall–Kier alpha value is -3.91. The van der Waals surface area contributed by atoms with Gasteiger partial charge in [0.15, 0.2) is 0 Å². The summed E-state index contributed by atoms with van der Waals surface area (Å²) in [6, 6.07) is 13.1. The average molecular weight is 487 g/mol. The van der Waals surface area contributed by atoms with Crippen LogP contribution in [0.4, 0.5) is 0 Å². The minimum absolute atomic E-state index is 0.303. The van der Waals surface area contributed by atoms with E-state index >= 15 is 0 Å². The number of carboxylic acids is 1. The maximum absolute atomic E-state index is 12.7. The molecule has 1 aromatic carbocycles. The molecule has 0 bridgehead atoms. The lowest BCUT2D eigenvalue weighted by Gasteiger charge is -2.11. The molecule has 0 aliphatic heterocycles. The minimum atomic E-state index is -0.878. The van der Waals surface area contributed by atoms with Gasteiger partial charge in [0.05, 0.1) is 11.8 Å². The molecule has 0 saturated heterocycles. The number of hydrazone groups is 1. The summed E-state index contributed by atoms with van der Waals surface area (Å²) in [6.45, 7) is 3.90. The summed E-state index contributed by atoms with van der Waals surface area (Å²) >= 11 is 1.58. The second-order valence-corrected chi connectivity index (χ2v) is 9.78. The van der Waals surface area contributed by atoms with Gasteiger partial charge in [0.1, 0.15) is 5.00 Å². The van der Waals surface area contributed by atoms with Crippen LogP contribution in [0, 0.1) is 13.8 Å². The molecule has 2 N–H and O–H groups in total. The first-order chi connectivity index (χ1) is 16.9. The zero-order valence-electron chi connectivity index (χ0n) is 19.6. The Balaban J connectivity index is 1.39. The highest BCUT2D eigenvalue weighted by atomic mass is 32.1. The monoisotopic (exact) mass is 486 g/mol. The third-order valence-electron chi connectivity index (χ3n) is 6.42. The minimum Gasteiger partial charge on any atom is -0.478 e. The van der Waals surface area contributed by atoms with Crippen molar-refractivity contribution in [3.05, 3.63) is 93.4 Å². The van der Waals surface area contributed by atoms with E-state index < -0.39 is 5.97 Å². The van der Waals surface area contributed by atoms with Crippen LogP contribution in [-0.2, 0) is 12.8 Å². The molecule has 0 saturated carbocycles. The lowest BCUT2D eigenvalue weighted by Crippen LogP contribution is -2.17. The van der Waals surface area contributed by atoms with Gasteiger partial charge in [-0.05, 0) is 81.5 Å². The topological polar surface area (TPSA) is 88.6 Å². The second kappa shape index (κ2) is 9.38. The van der Waals surface area contributed by atoms with E-state index in [0.29, 0.717) is 11.1 Å². The summed E-state index contributed by atoms with van der Waals surface area (Å²) in [5, 5.41) is 14.9. The van der Waals surface area contributed by atoms with Crippen molar-refractivity contribution in [3.8, 4) is 10.7 Å². The van der Waals surface area contributed by atoms with Crippen LogP contribution in [0.1, 0.15) is 60.9 Å². The number of hydrogen-bond donors (Lipinski definition) is 2. The lowest BCUT2D eigenvalue weighted by molar-refractivity contribution is 0.0695. The van der Waals surface area contributed by atoms with E-state index in [1.165, 1.54) is 4.88 Å². The summed E-state index contributed by atoms with van der Waals surface area (Å²) in [7, 11) is 0. The second-order valence-electron chi connectivity index (χ2n) is 8.70. The molecule has 0 radical (unpaired) electrons. The lowest BCUT2D eigenvalue weighted by atomic mass is 9.95. The fourth-order valence-electron chi connectivity index (χ4n) is 4.70. The first-order valence-electron chi connectivity index (χ1n) is 11.6. The van der Waals surface area contributed by atoms with Gasteiger partial charge in [-0.1, -0.05) is 6.07 Å². The number of aromatic carboxylic acids is 1. The maximum atomic E-state index is 12.7. The number of rotatable bonds is 6. The molecule has 8 heteroatoms. The van der Waals surface area contributed by atoms with Crippen LogP contribution < -0.4 is 5.43 Å². The number of aryl methyl sites for hydroxylation is 2. The number of carboxylic acid groups (broad SMARTS) is 1. The highest BCUT2D eigenvalue weighted by molar-refractivity contribution is 7.15. The fourth-order valence-corrected chi connectivity index (χ4v) is 6.19. The molecule has 1 aliphatic rings. The first-order valence-corrected chi connectivity index (χ1v) is 12.4. The van der Waals surface area contributed by atoms with Gasteiger partial charge >= 0.3 is 5.97 Å². The Labute approximate surface area is 207 Å². The molecule has 0 fully saturated rings. The zero-order chi connectivity index (χ0) is 24.5. The van der Waals surface area contributed by atoms with Crippen molar-refractivity contribution in [2.24, 2.45) is 5.10 Å². The van der Waals surface area contributed by atoms with Crippen LogP contribution in [0.25, 0.3) is 10.7 Å². The highest BCUT2D eigenvalue weighted by Gasteiger charge is 2.27. The fraction of sp³-hybridized carbons (Fsp3) is 0.222. The van der Waals surface area contributed by atoms with Gasteiger partial charge in [0.2, 0.25) is 0 Å². The third-order valence-corrected chi connectivity index (χ3v) is 7.70. The SMILES string of the molecule is Cc1cc(C=NNC(=O)c2cccc(-n3cccc3)c2)c(C)n1-c1sc2c(c1C(=O)O)CCCC2. The van der Waals surface area contributed by atoms with E-state index in [1.807, 2.05) is 71.8 Å². The van der Waals surface area contributed by atoms with Gasteiger partial charge in [-0.15, -0.1) is 11.3 Å². The van der Waals surface area contributed by atoms with Crippen LogP contribution in [0.2, 0.25) is 0 Å². The average Bonchev–Trinajstić information content (AvgIpc) is 3.57. The van der Waals surface area contributed by atoms with Crippen molar-refractivity contribution in [1.82, 2.24) is 14.6 Å². The molecule has 5 rings (SSSR count). The molecule has 3 aromatic heterocycles. The Kier molecular flexibility index (Phi) is 6.13.